The van der Waals surface area contributed by atoms with E-state index in [4.69, 9.17) is 5.11 Å². The number of thioether (sulfide) groups is 1. The fourth-order valence-corrected chi connectivity index (χ4v) is 2.27. The van der Waals surface area contributed by atoms with Crippen LogP contribution in [0.15, 0.2) is 0 Å². The standard InChI is InChI=1S/C9H19NO2S/c11-5-6-13-8-9(12)7-10-3-1-2-4-10/h9,11-12H,1-8H2. The minimum atomic E-state index is -0.227. The molecule has 2 N–H and O–H groups in total. The Morgan fingerprint density at radius 1 is 1.31 bits per heavy atom. The maximum absolute atomic E-state index is 9.59. The van der Waals surface area contributed by atoms with Crippen LogP contribution >= 0.6 is 11.8 Å². The van der Waals surface area contributed by atoms with E-state index in [-0.39, 0.29) is 12.7 Å². The number of hydrogen-bond donors (Lipinski definition) is 2. The Kier molecular flexibility index (Phi) is 5.78. The first kappa shape index (κ1) is 11.3. The molecule has 13 heavy (non-hydrogen) atoms. The van der Waals surface area contributed by atoms with Gasteiger partial charge in [-0.3, -0.25) is 0 Å². The topological polar surface area (TPSA) is 43.7 Å². The Morgan fingerprint density at radius 3 is 2.62 bits per heavy atom. The van der Waals surface area contributed by atoms with Crippen molar-refractivity contribution in [2.75, 3.05) is 37.7 Å². The van der Waals surface area contributed by atoms with E-state index in [9.17, 15) is 5.11 Å². The predicted octanol–water partition coefficient (Wildman–Crippen LogP) is 0.169. The molecular formula is C9H19NO2S. The third kappa shape index (κ3) is 4.86. The third-order valence-corrected chi connectivity index (χ3v) is 3.31. The Bertz CT molecular complexity index is 129. The van der Waals surface area contributed by atoms with E-state index < -0.39 is 0 Å². The summed E-state index contributed by atoms with van der Waals surface area (Å²) in [6, 6.07) is 0. The quantitative estimate of drug-likeness (QED) is 0.607. The number of likely N-dealkylation sites (tertiary alicyclic amines) is 1. The second kappa shape index (κ2) is 6.65. The van der Waals surface area contributed by atoms with Crippen LogP contribution < -0.4 is 0 Å². The van der Waals surface area contributed by atoms with E-state index in [1.54, 1.807) is 11.8 Å². The molecular weight excluding hydrogens is 186 g/mol. The highest BCUT2D eigenvalue weighted by Gasteiger charge is 2.15. The van der Waals surface area contributed by atoms with Gasteiger partial charge in [0, 0.05) is 18.1 Å². The molecule has 4 heteroatoms. The van der Waals surface area contributed by atoms with E-state index in [1.807, 2.05) is 0 Å². The first-order chi connectivity index (χ1) is 6.33. The van der Waals surface area contributed by atoms with Crippen LogP contribution in [-0.4, -0.2) is 59.0 Å². The Morgan fingerprint density at radius 2 is 2.00 bits per heavy atom. The van der Waals surface area contributed by atoms with E-state index >= 15 is 0 Å². The summed E-state index contributed by atoms with van der Waals surface area (Å²) in [4.78, 5) is 2.31. The second-order valence-electron chi connectivity index (χ2n) is 3.46. The first-order valence-electron chi connectivity index (χ1n) is 4.92. The molecule has 0 amide bonds. The fourth-order valence-electron chi connectivity index (χ4n) is 1.60. The monoisotopic (exact) mass is 205 g/mol. The molecule has 78 valence electrons. The molecule has 1 aliphatic rings. The average molecular weight is 205 g/mol. The summed E-state index contributed by atoms with van der Waals surface area (Å²) in [7, 11) is 0. The molecule has 1 aliphatic heterocycles. The van der Waals surface area contributed by atoms with Gasteiger partial charge in [-0.25, -0.2) is 0 Å². The Labute approximate surface area is 84.1 Å². The molecule has 3 nitrogen and oxygen atoms in total. The third-order valence-electron chi connectivity index (χ3n) is 2.21. The van der Waals surface area contributed by atoms with E-state index in [2.05, 4.69) is 4.90 Å². The van der Waals surface area contributed by atoms with Crippen molar-refractivity contribution in [3.05, 3.63) is 0 Å². The van der Waals surface area contributed by atoms with Crippen LogP contribution in [0.5, 0.6) is 0 Å². The summed E-state index contributed by atoms with van der Waals surface area (Å²) >= 11 is 1.62. The molecule has 0 bridgehead atoms. The van der Waals surface area contributed by atoms with Gasteiger partial charge in [0.15, 0.2) is 0 Å². The Hall–Kier alpha value is 0.230. The maximum atomic E-state index is 9.59. The highest BCUT2D eigenvalue weighted by molar-refractivity contribution is 7.99. The maximum Gasteiger partial charge on any atom is 0.0757 e. The minimum Gasteiger partial charge on any atom is -0.396 e. The van der Waals surface area contributed by atoms with Crippen LogP contribution in [-0.2, 0) is 0 Å². The minimum absolute atomic E-state index is 0.209. The number of hydrogen-bond acceptors (Lipinski definition) is 4. The van der Waals surface area contributed by atoms with Crippen LogP contribution in [0.4, 0.5) is 0 Å². The van der Waals surface area contributed by atoms with Crippen molar-refractivity contribution in [2.24, 2.45) is 0 Å². The molecule has 0 spiro atoms. The zero-order valence-electron chi connectivity index (χ0n) is 7.98. The van der Waals surface area contributed by atoms with Crippen molar-refractivity contribution in [3.63, 3.8) is 0 Å². The number of β-amino-alcohol motifs (C(OH)–C–C–N with tert-alkyl or cyclic N) is 1. The lowest BCUT2D eigenvalue weighted by Gasteiger charge is -2.18. The van der Waals surface area contributed by atoms with Gasteiger partial charge in [0.25, 0.3) is 0 Å². The van der Waals surface area contributed by atoms with E-state index in [0.717, 1.165) is 31.1 Å². The summed E-state index contributed by atoms with van der Waals surface area (Å²) < 4.78 is 0. The number of aliphatic hydroxyl groups is 2. The van der Waals surface area contributed by atoms with E-state index in [0.29, 0.717) is 0 Å². The van der Waals surface area contributed by atoms with E-state index in [1.165, 1.54) is 12.8 Å². The van der Waals surface area contributed by atoms with Crippen LogP contribution in [0, 0.1) is 0 Å². The van der Waals surface area contributed by atoms with Crippen molar-refractivity contribution in [2.45, 2.75) is 18.9 Å². The molecule has 0 aromatic rings. The molecule has 0 aliphatic carbocycles. The van der Waals surface area contributed by atoms with Gasteiger partial charge in [-0.05, 0) is 25.9 Å². The van der Waals surface area contributed by atoms with Crippen LogP contribution in [0.3, 0.4) is 0 Å². The van der Waals surface area contributed by atoms with Gasteiger partial charge in [-0.15, -0.1) is 0 Å². The van der Waals surface area contributed by atoms with Gasteiger partial charge >= 0.3 is 0 Å². The van der Waals surface area contributed by atoms with Crippen LogP contribution in [0.2, 0.25) is 0 Å². The molecule has 0 radical (unpaired) electrons. The molecule has 0 aromatic heterocycles. The molecule has 1 fully saturated rings. The number of rotatable bonds is 6. The normalized spacial score (nSPS) is 20.8. The summed E-state index contributed by atoms with van der Waals surface area (Å²) in [5.41, 5.74) is 0. The zero-order valence-corrected chi connectivity index (χ0v) is 8.80. The largest absolute Gasteiger partial charge is 0.396 e. The molecule has 1 saturated heterocycles. The summed E-state index contributed by atoms with van der Waals surface area (Å²) in [5.74, 6) is 1.48. The van der Waals surface area contributed by atoms with Gasteiger partial charge in [0.2, 0.25) is 0 Å². The first-order valence-corrected chi connectivity index (χ1v) is 6.07. The highest BCUT2D eigenvalue weighted by Crippen LogP contribution is 2.09. The average Bonchev–Trinajstić information content (AvgIpc) is 2.57. The lowest BCUT2D eigenvalue weighted by atomic mass is 10.4. The highest BCUT2D eigenvalue weighted by atomic mass is 32.2. The second-order valence-corrected chi connectivity index (χ2v) is 4.61. The van der Waals surface area contributed by atoms with Crippen molar-refractivity contribution in [1.82, 2.24) is 4.90 Å². The zero-order chi connectivity index (χ0) is 9.52. The molecule has 1 rings (SSSR count). The fraction of sp³-hybridized carbons (Fsp3) is 1.00. The molecule has 1 unspecified atom stereocenters. The molecule has 1 atom stereocenters. The van der Waals surface area contributed by atoms with Crippen molar-refractivity contribution in [1.29, 1.82) is 0 Å². The summed E-state index contributed by atoms with van der Waals surface area (Å²) in [5, 5.41) is 18.1. The molecule has 0 aromatic carbocycles. The number of nitrogens with zero attached hydrogens (tertiary/aromatic N) is 1. The van der Waals surface area contributed by atoms with Gasteiger partial charge in [-0.1, -0.05) is 0 Å². The van der Waals surface area contributed by atoms with Gasteiger partial charge < -0.3 is 15.1 Å². The van der Waals surface area contributed by atoms with Crippen molar-refractivity contribution < 1.29 is 10.2 Å². The number of aliphatic hydroxyl groups excluding tert-OH is 2. The van der Waals surface area contributed by atoms with Crippen molar-refractivity contribution >= 4 is 11.8 Å². The lowest BCUT2D eigenvalue weighted by molar-refractivity contribution is 0.144. The van der Waals surface area contributed by atoms with Gasteiger partial charge in [0.05, 0.1) is 12.7 Å². The van der Waals surface area contributed by atoms with Crippen LogP contribution in [0.25, 0.3) is 0 Å². The lowest BCUT2D eigenvalue weighted by Crippen LogP contribution is -2.31. The smallest absolute Gasteiger partial charge is 0.0757 e. The summed E-state index contributed by atoms with van der Waals surface area (Å²) in [6.07, 6.45) is 2.32. The molecule has 0 saturated carbocycles. The SMILES string of the molecule is OCCSCC(O)CN1CCCC1. The predicted molar refractivity (Wildman–Crippen MR) is 56.1 cm³/mol. The van der Waals surface area contributed by atoms with Crippen LogP contribution in [0.1, 0.15) is 12.8 Å². The van der Waals surface area contributed by atoms with Gasteiger partial charge in [0.1, 0.15) is 0 Å². The van der Waals surface area contributed by atoms with Crippen molar-refractivity contribution in [3.8, 4) is 0 Å². The van der Waals surface area contributed by atoms with Gasteiger partial charge in [-0.2, -0.15) is 11.8 Å². The summed E-state index contributed by atoms with van der Waals surface area (Å²) in [6.45, 7) is 3.29. The molecule has 1 heterocycles. The Balaban J connectivity index is 1.99.